The Bertz CT molecular complexity index is 1510. The zero-order valence-electron chi connectivity index (χ0n) is 26.5. The van der Waals surface area contributed by atoms with Gasteiger partial charge in [0, 0.05) is 22.3 Å². The molecule has 0 heterocycles. The van der Waals surface area contributed by atoms with Gasteiger partial charge in [-0.2, -0.15) is 0 Å². The molecule has 0 bridgehead atoms. The first-order chi connectivity index (χ1) is 18.4. The summed E-state index contributed by atoms with van der Waals surface area (Å²) in [5.74, 6) is 30.3. The Morgan fingerprint density at radius 2 is 0.750 bits per heavy atom. The number of rotatable bonds is 0. The molecule has 2 heteroatoms. The van der Waals surface area contributed by atoms with E-state index in [0.29, 0.717) is 0 Å². The van der Waals surface area contributed by atoms with Crippen LogP contribution in [-0.4, -0.2) is 16.1 Å². The molecule has 2 aromatic rings. The highest BCUT2D eigenvalue weighted by Crippen LogP contribution is 2.25. The lowest BCUT2D eigenvalue weighted by atomic mass is 9.85. The van der Waals surface area contributed by atoms with Gasteiger partial charge in [0.1, 0.15) is 16.1 Å². The molecule has 0 saturated carbocycles. The minimum Gasteiger partial charge on any atom is -0.127 e. The van der Waals surface area contributed by atoms with Crippen molar-refractivity contribution in [2.75, 3.05) is 0 Å². The molecule has 0 N–H and O–H groups in total. The van der Waals surface area contributed by atoms with Crippen LogP contribution in [0, 0.1) is 70.3 Å². The standard InChI is InChI=1S/C38H42Si2/c1-37(2,3)35-23-21-31(33(29-35)25-27-39(7,8)9)19-17-15-13-14-16-18-20-32-22-24-36(38(4,5)6)30-34(32)26-28-40(10,11)12/h21-24,29-30H,1-12H3. The SMILES string of the molecule is CC(C)(C)c1ccc(C#CC#CC#CC#Cc2ccc(C(C)(C)C)cc2C#C[Si](C)(C)C)c(C#C[Si](C)(C)C)c1. The van der Waals surface area contributed by atoms with E-state index in [4.69, 9.17) is 0 Å². The Kier molecular flexibility index (Phi) is 10.6. The monoisotopic (exact) mass is 554 g/mol. The molecule has 0 aliphatic heterocycles. The highest BCUT2D eigenvalue weighted by molar-refractivity contribution is 6.84. The lowest BCUT2D eigenvalue weighted by Crippen LogP contribution is -2.16. The number of hydrogen-bond acceptors (Lipinski definition) is 0. The van der Waals surface area contributed by atoms with Gasteiger partial charge >= 0.3 is 0 Å². The Hall–Kier alpha value is -3.77. The first kappa shape index (κ1) is 32.4. The van der Waals surface area contributed by atoms with Crippen LogP contribution >= 0.6 is 0 Å². The van der Waals surface area contributed by atoms with Crippen molar-refractivity contribution in [2.45, 2.75) is 91.7 Å². The second kappa shape index (κ2) is 13.1. The van der Waals surface area contributed by atoms with Crippen molar-refractivity contribution in [3.8, 4) is 70.3 Å². The van der Waals surface area contributed by atoms with Gasteiger partial charge in [-0.25, -0.2) is 0 Å². The van der Waals surface area contributed by atoms with Crippen LogP contribution in [-0.2, 0) is 10.8 Å². The van der Waals surface area contributed by atoms with Crippen molar-refractivity contribution < 1.29 is 0 Å². The fraction of sp³-hybridized carbons (Fsp3) is 0.368. The van der Waals surface area contributed by atoms with Gasteiger partial charge in [0.15, 0.2) is 0 Å². The summed E-state index contributed by atoms with van der Waals surface area (Å²) in [4.78, 5) is 0. The molecule has 0 atom stereocenters. The minimum atomic E-state index is -1.51. The molecular weight excluding hydrogens is 513 g/mol. The van der Waals surface area contributed by atoms with E-state index in [1.165, 1.54) is 11.1 Å². The minimum absolute atomic E-state index is 0.0499. The van der Waals surface area contributed by atoms with E-state index < -0.39 is 16.1 Å². The van der Waals surface area contributed by atoms with E-state index in [1.807, 2.05) is 12.1 Å². The van der Waals surface area contributed by atoms with E-state index in [0.717, 1.165) is 22.3 Å². The van der Waals surface area contributed by atoms with Crippen molar-refractivity contribution in [1.29, 1.82) is 0 Å². The molecular formula is C38H42Si2. The zero-order chi connectivity index (χ0) is 30.2. The summed E-state index contributed by atoms with van der Waals surface area (Å²) in [7, 11) is -3.02. The maximum atomic E-state index is 3.47. The molecule has 0 spiro atoms. The summed E-state index contributed by atoms with van der Waals surface area (Å²) in [6.07, 6.45) is 0. The number of benzene rings is 2. The van der Waals surface area contributed by atoms with Crippen LogP contribution in [0.3, 0.4) is 0 Å². The molecule has 2 rings (SSSR count). The van der Waals surface area contributed by atoms with Crippen LogP contribution in [0.2, 0.25) is 39.3 Å². The quantitative estimate of drug-likeness (QED) is 0.228. The van der Waals surface area contributed by atoms with Crippen LogP contribution in [0.4, 0.5) is 0 Å². The molecule has 0 aliphatic carbocycles. The summed E-state index contributed by atoms with van der Waals surface area (Å²) in [6.45, 7) is 26.7. The van der Waals surface area contributed by atoms with Gasteiger partial charge in [0.25, 0.3) is 0 Å². The second-order valence-electron chi connectivity index (χ2n) is 14.0. The fourth-order valence-electron chi connectivity index (χ4n) is 3.28. The molecule has 0 unspecified atom stereocenters. The van der Waals surface area contributed by atoms with Crippen molar-refractivity contribution in [3.05, 3.63) is 69.8 Å². The molecule has 0 amide bonds. The largest absolute Gasteiger partial charge is 0.129 e. The van der Waals surface area contributed by atoms with E-state index in [1.54, 1.807) is 0 Å². The lowest BCUT2D eigenvalue weighted by molar-refractivity contribution is 0.590. The van der Waals surface area contributed by atoms with E-state index >= 15 is 0 Å². The second-order valence-corrected chi connectivity index (χ2v) is 23.5. The van der Waals surface area contributed by atoms with Gasteiger partial charge in [-0.15, -0.1) is 11.1 Å². The van der Waals surface area contributed by atoms with Gasteiger partial charge in [0.05, 0.1) is 0 Å². The van der Waals surface area contributed by atoms with Crippen LogP contribution in [0.5, 0.6) is 0 Å². The predicted molar refractivity (Wildman–Crippen MR) is 180 cm³/mol. The molecule has 0 aromatic heterocycles. The first-order valence-electron chi connectivity index (χ1n) is 13.7. The van der Waals surface area contributed by atoms with Gasteiger partial charge in [-0.05, 0) is 81.7 Å². The topological polar surface area (TPSA) is 0 Å². The van der Waals surface area contributed by atoms with Crippen molar-refractivity contribution in [3.63, 3.8) is 0 Å². The van der Waals surface area contributed by atoms with E-state index in [9.17, 15) is 0 Å². The first-order valence-corrected chi connectivity index (χ1v) is 20.7. The van der Waals surface area contributed by atoms with Crippen LogP contribution in [0.1, 0.15) is 74.9 Å². The third-order valence-corrected chi connectivity index (χ3v) is 7.37. The Morgan fingerprint density at radius 1 is 0.425 bits per heavy atom. The average molecular weight is 555 g/mol. The van der Waals surface area contributed by atoms with Crippen LogP contribution in [0.15, 0.2) is 36.4 Å². The molecule has 0 radical (unpaired) electrons. The molecule has 0 saturated heterocycles. The normalized spacial score (nSPS) is 10.8. The smallest absolute Gasteiger partial charge is 0.127 e. The summed E-state index contributed by atoms with van der Waals surface area (Å²) in [5, 5.41) is 0. The van der Waals surface area contributed by atoms with E-state index in [2.05, 4.69) is 175 Å². The molecule has 40 heavy (non-hydrogen) atoms. The molecule has 2 aromatic carbocycles. The Labute approximate surface area is 247 Å². The van der Waals surface area contributed by atoms with E-state index in [-0.39, 0.29) is 10.8 Å². The summed E-state index contributed by atoms with van der Waals surface area (Å²) in [6, 6.07) is 12.7. The highest BCUT2D eigenvalue weighted by atomic mass is 28.3. The zero-order valence-corrected chi connectivity index (χ0v) is 28.5. The lowest BCUT2D eigenvalue weighted by Gasteiger charge is -2.19. The summed E-state index contributed by atoms with van der Waals surface area (Å²) in [5.41, 5.74) is 13.2. The fourth-order valence-corrected chi connectivity index (χ4v) is 4.30. The molecule has 202 valence electrons. The van der Waals surface area contributed by atoms with Gasteiger partial charge in [-0.3, -0.25) is 0 Å². The predicted octanol–water partition coefficient (Wildman–Crippen LogP) is 8.15. The van der Waals surface area contributed by atoms with Crippen LogP contribution < -0.4 is 0 Å². The van der Waals surface area contributed by atoms with Gasteiger partial charge < -0.3 is 0 Å². The number of hydrogen-bond donors (Lipinski definition) is 0. The van der Waals surface area contributed by atoms with Gasteiger partial charge in [-0.1, -0.05) is 117 Å². The third-order valence-electron chi connectivity index (χ3n) is 5.62. The van der Waals surface area contributed by atoms with Crippen molar-refractivity contribution in [1.82, 2.24) is 0 Å². The molecule has 0 aliphatic rings. The third kappa shape index (κ3) is 11.5. The maximum absolute atomic E-state index is 3.47. The highest BCUT2D eigenvalue weighted by Gasteiger charge is 2.16. The average Bonchev–Trinajstić information content (AvgIpc) is 2.81. The van der Waals surface area contributed by atoms with Crippen LogP contribution in [0.25, 0.3) is 0 Å². The maximum Gasteiger partial charge on any atom is 0.129 e. The van der Waals surface area contributed by atoms with Crippen molar-refractivity contribution in [2.24, 2.45) is 0 Å². The Morgan fingerprint density at radius 3 is 1.05 bits per heavy atom. The summed E-state index contributed by atoms with van der Waals surface area (Å²) >= 11 is 0. The van der Waals surface area contributed by atoms with Crippen molar-refractivity contribution >= 4 is 16.1 Å². The molecule has 0 nitrogen and oxygen atoms in total. The van der Waals surface area contributed by atoms with Gasteiger partial charge in [0.2, 0.25) is 0 Å². The summed E-state index contributed by atoms with van der Waals surface area (Å²) < 4.78 is 0. The molecule has 0 fully saturated rings. The Balaban J connectivity index is 2.33.